The highest BCUT2D eigenvalue weighted by Gasteiger charge is 1.89. The van der Waals surface area contributed by atoms with Crippen LogP contribution in [0.5, 0.6) is 0 Å². The number of aliphatic imine (C=N–C) groups is 1. The average Bonchev–Trinajstić information content (AvgIpc) is 1.69. The first kappa shape index (κ1) is 4.37. The van der Waals surface area contributed by atoms with Gasteiger partial charge in [0.25, 0.3) is 0 Å². The van der Waals surface area contributed by atoms with Gasteiger partial charge in [0.05, 0.1) is 0 Å². The summed E-state index contributed by atoms with van der Waals surface area (Å²) in [6.45, 7) is 2.68. The van der Waals surface area contributed by atoms with Crippen LogP contribution in [0.25, 0.3) is 0 Å². The van der Waals surface area contributed by atoms with Crippen molar-refractivity contribution in [3.8, 4) is 0 Å². The second-order valence-electron chi connectivity index (χ2n) is 1.54. The van der Waals surface area contributed by atoms with Crippen molar-refractivity contribution < 1.29 is 4.74 Å². The molecule has 1 heterocycles. The van der Waals surface area contributed by atoms with Crippen molar-refractivity contribution >= 4 is 6.40 Å². The maximum atomic E-state index is 4.82. The maximum absolute atomic E-state index is 4.82. The molecule has 1 aliphatic heterocycles. The summed E-state index contributed by atoms with van der Waals surface area (Å²) < 4.78 is 4.82. The van der Waals surface area contributed by atoms with Crippen molar-refractivity contribution in [3.05, 3.63) is 11.8 Å². The zero-order chi connectivity index (χ0) is 5.11. The number of ether oxygens (including phenoxy) is 1. The lowest BCUT2D eigenvalue weighted by atomic mass is 10.3. The number of hydrogen-bond acceptors (Lipinski definition) is 2. The molecular weight excluding hydrogens is 90.1 g/mol. The standard InChI is InChI=1S/C5H7NO/c1-5-2-6-4-7-3-5/h2,4H,3H2,1H3. The first-order valence-electron chi connectivity index (χ1n) is 2.18. The summed E-state index contributed by atoms with van der Waals surface area (Å²) in [6.07, 6.45) is 3.25. The molecule has 1 rings (SSSR count). The van der Waals surface area contributed by atoms with Gasteiger partial charge in [0.15, 0.2) is 6.40 Å². The number of rotatable bonds is 0. The topological polar surface area (TPSA) is 21.6 Å². The molecule has 0 spiro atoms. The van der Waals surface area contributed by atoms with Crippen LogP contribution in [0.1, 0.15) is 6.92 Å². The molecule has 0 unspecified atom stereocenters. The summed E-state index contributed by atoms with van der Waals surface area (Å²) in [7, 11) is 0. The highest BCUT2D eigenvalue weighted by Crippen LogP contribution is 1.96. The highest BCUT2D eigenvalue weighted by atomic mass is 16.5. The first-order valence-corrected chi connectivity index (χ1v) is 2.18. The van der Waals surface area contributed by atoms with Gasteiger partial charge in [-0.05, 0) is 12.5 Å². The van der Waals surface area contributed by atoms with Crippen LogP contribution in [0.3, 0.4) is 0 Å². The van der Waals surface area contributed by atoms with Gasteiger partial charge in [-0.25, -0.2) is 4.99 Å². The Morgan fingerprint density at radius 3 is 3.00 bits per heavy atom. The van der Waals surface area contributed by atoms with E-state index in [1.807, 2.05) is 6.92 Å². The molecule has 2 nitrogen and oxygen atoms in total. The molecule has 1 aliphatic rings. The molecule has 0 saturated carbocycles. The number of nitrogens with zero attached hydrogens (tertiary/aromatic N) is 1. The molecule has 0 aliphatic carbocycles. The molecule has 0 N–H and O–H groups in total. The van der Waals surface area contributed by atoms with E-state index in [-0.39, 0.29) is 0 Å². The Bertz CT molecular complexity index is 115. The van der Waals surface area contributed by atoms with E-state index in [0.717, 1.165) is 0 Å². The van der Waals surface area contributed by atoms with Gasteiger partial charge in [-0.2, -0.15) is 0 Å². The average molecular weight is 97.1 g/mol. The summed E-state index contributed by atoms with van der Waals surface area (Å²) in [5.41, 5.74) is 1.17. The molecule has 0 amide bonds. The number of hydrogen-bond donors (Lipinski definition) is 0. The smallest absolute Gasteiger partial charge is 0.174 e. The van der Waals surface area contributed by atoms with Crippen molar-refractivity contribution in [2.75, 3.05) is 6.61 Å². The molecule has 0 saturated heterocycles. The molecule has 0 aromatic heterocycles. The van der Waals surface area contributed by atoms with Gasteiger partial charge in [0.1, 0.15) is 6.61 Å². The van der Waals surface area contributed by atoms with E-state index in [4.69, 9.17) is 4.74 Å². The lowest BCUT2D eigenvalue weighted by Crippen LogP contribution is -1.96. The third-order valence-corrected chi connectivity index (χ3v) is 0.741. The zero-order valence-electron chi connectivity index (χ0n) is 4.22. The van der Waals surface area contributed by atoms with Gasteiger partial charge in [-0.1, -0.05) is 0 Å². The second-order valence-corrected chi connectivity index (χ2v) is 1.54. The summed E-state index contributed by atoms with van der Waals surface area (Å²) in [5.74, 6) is 0. The summed E-state index contributed by atoms with van der Waals surface area (Å²) in [5, 5.41) is 0. The molecule has 0 fully saturated rings. The Labute approximate surface area is 42.5 Å². The van der Waals surface area contributed by atoms with Gasteiger partial charge >= 0.3 is 0 Å². The van der Waals surface area contributed by atoms with E-state index in [1.165, 1.54) is 12.0 Å². The molecule has 0 atom stereocenters. The van der Waals surface area contributed by atoms with Gasteiger partial charge in [-0.3, -0.25) is 0 Å². The Hall–Kier alpha value is -0.790. The van der Waals surface area contributed by atoms with E-state index in [2.05, 4.69) is 4.99 Å². The van der Waals surface area contributed by atoms with E-state index < -0.39 is 0 Å². The SMILES string of the molecule is CC1=CN=COC1. The van der Waals surface area contributed by atoms with Crippen LogP contribution in [0, 0.1) is 0 Å². The minimum atomic E-state index is 0.698. The highest BCUT2D eigenvalue weighted by molar-refractivity contribution is 5.49. The van der Waals surface area contributed by atoms with Crippen LogP contribution in [-0.4, -0.2) is 13.0 Å². The Morgan fingerprint density at radius 1 is 1.86 bits per heavy atom. The fraction of sp³-hybridized carbons (Fsp3) is 0.400. The van der Waals surface area contributed by atoms with Gasteiger partial charge in [0, 0.05) is 6.20 Å². The van der Waals surface area contributed by atoms with Crippen molar-refractivity contribution in [2.45, 2.75) is 6.92 Å². The lowest BCUT2D eigenvalue weighted by molar-refractivity contribution is 0.350. The molecule has 0 radical (unpaired) electrons. The third kappa shape index (κ3) is 1.03. The Balaban J connectivity index is 2.57. The van der Waals surface area contributed by atoms with Crippen LogP contribution in [-0.2, 0) is 4.74 Å². The van der Waals surface area contributed by atoms with E-state index in [9.17, 15) is 0 Å². The summed E-state index contributed by atoms with van der Waals surface area (Å²) in [4.78, 5) is 3.75. The Kier molecular flexibility index (Phi) is 1.11. The molecule has 0 aromatic carbocycles. The minimum Gasteiger partial charge on any atom is -0.479 e. The van der Waals surface area contributed by atoms with Gasteiger partial charge in [0.2, 0.25) is 0 Å². The fourth-order valence-electron chi connectivity index (χ4n) is 0.407. The van der Waals surface area contributed by atoms with E-state index in [1.54, 1.807) is 6.20 Å². The molecule has 7 heavy (non-hydrogen) atoms. The molecule has 2 heteroatoms. The van der Waals surface area contributed by atoms with Crippen LogP contribution in [0.15, 0.2) is 16.8 Å². The van der Waals surface area contributed by atoms with Gasteiger partial charge in [-0.15, -0.1) is 0 Å². The molecule has 38 valence electrons. The zero-order valence-corrected chi connectivity index (χ0v) is 4.22. The molecule has 0 bridgehead atoms. The third-order valence-electron chi connectivity index (χ3n) is 0.741. The minimum absolute atomic E-state index is 0.698. The quantitative estimate of drug-likeness (QED) is 0.441. The lowest BCUT2D eigenvalue weighted by Gasteiger charge is -2.01. The molecule has 0 aromatic rings. The monoisotopic (exact) mass is 97.1 g/mol. The fourth-order valence-corrected chi connectivity index (χ4v) is 0.407. The van der Waals surface area contributed by atoms with Crippen molar-refractivity contribution in [3.63, 3.8) is 0 Å². The van der Waals surface area contributed by atoms with Crippen LogP contribution >= 0.6 is 0 Å². The predicted octanol–water partition coefficient (Wildman–Crippen LogP) is 0.949. The maximum Gasteiger partial charge on any atom is 0.174 e. The Morgan fingerprint density at radius 2 is 2.71 bits per heavy atom. The van der Waals surface area contributed by atoms with Crippen LogP contribution in [0.4, 0.5) is 0 Å². The van der Waals surface area contributed by atoms with Crippen molar-refractivity contribution in [1.29, 1.82) is 0 Å². The summed E-state index contributed by atoms with van der Waals surface area (Å²) in [6, 6.07) is 0. The second kappa shape index (κ2) is 1.78. The van der Waals surface area contributed by atoms with E-state index >= 15 is 0 Å². The van der Waals surface area contributed by atoms with Crippen molar-refractivity contribution in [1.82, 2.24) is 0 Å². The normalized spacial score (nSPS) is 18.1. The van der Waals surface area contributed by atoms with Crippen LogP contribution < -0.4 is 0 Å². The molecular formula is C5H7NO. The largest absolute Gasteiger partial charge is 0.479 e. The van der Waals surface area contributed by atoms with E-state index in [0.29, 0.717) is 6.61 Å². The summed E-state index contributed by atoms with van der Waals surface area (Å²) >= 11 is 0. The van der Waals surface area contributed by atoms with Crippen molar-refractivity contribution in [2.24, 2.45) is 4.99 Å². The predicted molar refractivity (Wildman–Crippen MR) is 28.2 cm³/mol. The van der Waals surface area contributed by atoms with Gasteiger partial charge < -0.3 is 4.74 Å². The van der Waals surface area contributed by atoms with Crippen LogP contribution in [0.2, 0.25) is 0 Å². The first-order chi connectivity index (χ1) is 3.39.